The van der Waals surface area contributed by atoms with Crippen LogP contribution in [0.4, 0.5) is 30.2 Å². The number of hydrogen-bond donors (Lipinski definition) is 3. The Morgan fingerprint density at radius 1 is 1.15 bits per heavy atom. The van der Waals surface area contributed by atoms with Gasteiger partial charge in [0.1, 0.15) is 6.54 Å². The standard InChI is InChI=1S/C18H26BrF3N4O/c19-16-15(6-5-14(23)17(16)24-11-18(20,21)22)25-12-1-3-13(4-2-12)26-7-9-27-10-8-26/h5-6,12-13,24-25H,1-4,7-11,23H2. The number of nitrogens with zero attached hydrogens (tertiary/aromatic N) is 1. The highest BCUT2D eigenvalue weighted by molar-refractivity contribution is 9.10. The molecule has 1 aliphatic heterocycles. The third-order valence-electron chi connectivity index (χ3n) is 5.26. The molecule has 1 saturated carbocycles. The number of nitrogen functional groups attached to an aromatic ring is 1. The smallest absolute Gasteiger partial charge is 0.397 e. The van der Waals surface area contributed by atoms with E-state index in [0.717, 1.165) is 57.7 Å². The predicted octanol–water partition coefficient (Wildman–Crippen LogP) is 4.06. The van der Waals surface area contributed by atoms with Gasteiger partial charge in [-0.3, -0.25) is 4.90 Å². The predicted molar refractivity (Wildman–Crippen MR) is 105 cm³/mol. The van der Waals surface area contributed by atoms with E-state index >= 15 is 0 Å². The molecule has 0 atom stereocenters. The van der Waals surface area contributed by atoms with Crippen molar-refractivity contribution >= 4 is 33.0 Å². The second-order valence-electron chi connectivity index (χ2n) is 7.16. The quantitative estimate of drug-likeness (QED) is 0.590. The van der Waals surface area contributed by atoms with Crippen molar-refractivity contribution in [1.29, 1.82) is 0 Å². The number of hydrogen-bond acceptors (Lipinski definition) is 5. The number of nitrogens with one attached hydrogen (secondary N) is 2. The lowest BCUT2D eigenvalue weighted by molar-refractivity contribution is -0.115. The number of nitrogens with two attached hydrogens (primary N) is 1. The normalized spacial score (nSPS) is 24.6. The number of halogens is 4. The number of alkyl halides is 3. The molecule has 0 radical (unpaired) electrons. The lowest BCUT2D eigenvalue weighted by atomic mass is 9.89. The van der Waals surface area contributed by atoms with E-state index in [-0.39, 0.29) is 11.4 Å². The maximum absolute atomic E-state index is 12.5. The van der Waals surface area contributed by atoms with Gasteiger partial charge in [0, 0.05) is 25.2 Å². The molecule has 0 spiro atoms. The molecule has 0 bridgehead atoms. The van der Waals surface area contributed by atoms with Crippen molar-refractivity contribution in [1.82, 2.24) is 4.90 Å². The molecule has 0 amide bonds. The summed E-state index contributed by atoms with van der Waals surface area (Å²) in [5.41, 5.74) is 7.18. The van der Waals surface area contributed by atoms with E-state index in [9.17, 15) is 13.2 Å². The summed E-state index contributed by atoms with van der Waals surface area (Å²) in [6.45, 7) is 2.50. The molecule has 0 unspecified atom stereocenters. The van der Waals surface area contributed by atoms with Crippen LogP contribution in [0.15, 0.2) is 16.6 Å². The Hall–Kier alpha value is -1.19. The maximum atomic E-state index is 12.5. The molecular weight excluding hydrogens is 425 g/mol. The second kappa shape index (κ2) is 8.87. The van der Waals surface area contributed by atoms with Gasteiger partial charge in [-0.1, -0.05) is 0 Å². The molecule has 1 saturated heterocycles. The van der Waals surface area contributed by atoms with Gasteiger partial charge in [0.05, 0.1) is 34.7 Å². The molecule has 152 valence electrons. The highest BCUT2D eigenvalue weighted by atomic mass is 79.9. The van der Waals surface area contributed by atoms with Crippen molar-refractivity contribution in [3.63, 3.8) is 0 Å². The monoisotopic (exact) mass is 450 g/mol. The summed E-state index contributed by atoms with van der Waals surface area (Å²) in [4.78, 5) is 2.51. The van der Waals surface area contributed by atoms with Gasteiger partial charge < -0.3 is 21.1 Å². The minimum Gasteiger partial charge on any atom is -0.397 e. The van der Waals surface area contributed by atoms with E-state index in [0.29, 0.717) is 16.6 Å². The summed E-state index contributed by atoms with van der Waals surface area (Å²) < 4.78 is 43.5. The minimum absolute atomic E-state index is 0.277. The van der Waals surface area contributed by atoms with Crippen molar-refractivity contribution in [3.8, 4) is 0 Å². The first-order chi connectivity index (χ1) is 12.8. The van der Waals surface area contributed by atoms with Gasteiger partial charge in [0.2, 0.25) is 0 Å². The highest BCUT2D eigenvalue weighted by Gasteiger charge is 2.29. The maximum Gasteiger partial charge on any atom is 0.405 e. The largest absolute Gasteiger partial charge is 0.405 e. The van der Waals surface area contributed by atoms with Crippen LogP contribution in [-0.4, -0.2) is 56.0 Å². The van der Waals surface area contributed by atoms with Gasteiger partial charge in [-0.25, -0.2) is 0 Å². The molecule has 2 fully saturated rings. The number of anilines is 3. The fourth-order valence-electron chi connectivity index (χ4n) is 3.82. The Balaban J connectivity index is 1.58. The van der Waals surface area contributed by atoms with Crippen molar-refractivity contribution in [2.75, 3.05) is 49.2 Å². The van der Waals surface area contributed by atoms with Crippen LogP contribution in [0, 0.1) is 0 Å². The van der Waals surface area contributed by atoms with Crippen LogP contribution in [0.25, 0.3) is 0 Å². The van der Waals surface area contributed by atoms with Gasteiger partial charge >= 0.3 is 6.18 Å². The first-order valence-electron chi connectivity index (χ1n) is 9.30. The summed E-state index contributed by atoms with van der Waals surface area (Å²) in [5, 5.41) is 5.86. The number of rotatable bonds is 5. The van der Waals surface area contributed by atoms with Crippen LogP contribution in [0.2, 0.25) is 0 Å². The SMILES string of the molecule is Nc1ccc(NC2CCC(N3CCOCC3)CC2)c(Br)c1NCC(F)(F)F. The Bertz CT molecular complexity index is 630. The molecule has 1 aliphatic carbocycles. The van der Waals surface area contributed by atoms with E-state index in [1.54, 1.807) is 6.07 Å². The van der Waals surface area contributed by atoms with Crippen molar-refractivity contribution in [2.24, 2.45) is 0 Å². The van der Waals surface area contributed by atoms with E-state index < -0.39 is 12.7 Å². The zero-order valence-corrected chi connectivity index (χ0v) is 16.7. The second-order valence-corrected chi connectivity index (χ2v) is 7.95. The van der Waals surface area contributed by atoms with Gasteiger partial charge in [-0.05, 0) is 53.7 Å². The number of ether oxygens (including phenoxy) is 1. The zero-order valence-electron chi connectivity index (χ0n) is 15.1. The molecular formula is C18H26BrF3N4O. The first kappa shape index (κ1) is 20.5. The topological polar surface area (TPSA) is 62.5 Å². The summed E-state index contributed by atoms with van der Waals surface area (Å²) >= 11 is 3.41. The fraction of sp³-hybridized carbons (Fsp3) is 0.667. The van der Waals surface area contributed by atoms with Gasteiger partial charge in [-0.2, -0.15) is 13.2 Å². The molecule has 5 nitrogen and oxygen atoms in total. The fourth-order valence-corrected chi connectivity index (χ4v) is 4.43. The van der Waals surface area contributed by atoms with Crippen LogP contribution in [-0.2, 0) is 4.74 Å². The lowest BCUT2D eigenvalue weighted by Gasteiger charge is -2.39. The summed E-state index contributed by atoms with van der Waals surface area (Å²) in [5.74, 6) is 0. The lowest BCUT2D eigenvalue weighted by Crippen LogP contribution is -2.46. The third kappa shape index (κ3) is 5.65. The summed E-state index contributed by atoms with van der Waals surface area (Å²) in [6.07, 6.45) is -0.00558. The van der Waals surface area contributed by atoms with Crippen molar-refractivity contribution in [3.05, 3.63) is 16.6 Å². The van der Waals surface area contributed by atoms with Gasteiger partial charge in [-0.15, -0.1) is 0 Å². The Kier molecular flexibility index (Phi) is 6.75. The average Bonchev–Trinajstić information content (AvgIpc) is 2.64. The van der Waals surface area contributed by atoms with Crippen LogP contribution in [0.5, 0.6) is 0 Å². The Morgan fingerprint density at radius 3 is 2.44 bits per heavy atom. The van der Waals surface area contributed by atoms with E-state index in [4.69, 9.17) is 10.5 Å². The van der Waals surface area contributed by atoms with E-state index in [1.807, 2.05) is 6.07 Å². The highest BCUT2D eigenvalue weighted by Crippen LogP contribution is 2.37. The van der Waals surface area contributed by atoms with Crippen LogP contribution in [0.1, 0.15) is 25.7 Å². The third-order valence-corrected chi connectivity index (χ3v) is 6.08. The molecule has 1 heterocycles. The molecule has 1 aromatic carbocycles. The number of benzene rings is 1. The summed E-state index contributed by atoms with van der Waals surface area (Å²) in [7, 11) is 0. The summed E-state index contributed by atoms with van der Waals surface area (Å²) in [6, 6.07) is 4.35. The molecule has 0 aromatic heterocycles. The van der Waals surface area contributed by atoms with Crippen molar-refractivity contribution < 1.29 is 17.9 Å². The Morgan fingerprint density at radius 2 is 1.81 bits per heavy atom. The van der Waals surface area contributed by atoms with Gasteiger partial charge in [0.25, 0.3) is 0 Å². The molecule has 2 aliphatic rings. The van der Waals surface area contributed by atoms with Crippen LogP contribution in [0.3, 0.4) is 0 Å². The molecule has 27 heavy (non-hydrogen) atoms. The molecule has 4 N–H and O–H groups in total. The van der Waals surface area contributed by atoms with Crippen LogP contribution < -0.4 is 16.4 Å². The molecule has 9 heteroatoms. The van der Waals surface area contributed by atoms with E-state index in [2.05, 4.69) is 31.5 Å². The Labute approximate surface area is 165 Å². The zero-order chi connectivity index (χ0) is 19.4. The van der Waals surface area contributed by atoms with Crippen LogP contribution >= 0.6 is 15.9 Å². The van der Waals surface area contributed by atoms with Crippen molar-refractivity contribution in [2.45, 2.75) is 43.9 Å². The van der Waals surface area contributed by atoms with Gasteiger partial charge in [0.15, 0.2) is 0 Å². The molecule has 3 rings (SSSR count). The average molecular weight is 451 g/mol. The molecule has 1 aromatic rings. The minimum atomic E-state index is -4.30. The van der Waals surface area contributed by atoms with E-state index in [1.165, 1.54) is 0 Å². The first-order valence-corrected chi connectivity index (χ1v) is 10.1. The number of morpholine rings is 1.